The molecule has 1 atom stereocenters. The van der Waals surface area contributed by atoms with Crippen LogP contribution in [-0.2, 0) is 6.54 Å². The van der Waals surface area contributed by atoms with Crippen molar-refractivity contribution in [1.29, 1.82) is 0 Å². The van der Waals surface area contributed by atoms with Gasteiger partial charge in [-0.25, -0.2) is 4.98 Å². The molecule has 0 bridgehead atoms. The zero-order chi connectivity index (χ0) is 12.4. The Morgan fingerprint density at radius 1 is 1.44 bits per heavy atom. The van der Waals surface area contributed by atoms with Gasteiger partial charge in [-0.2, -0.15) is 0 Å². The van der Waals surface area contributed by atoms with Crippen molar-refractivity contribution < 1.29 is 0 Å². The highest BCUT2D eigenvalue weighted by atomic mass is 35.5. The summed E-state index contributed by atoms with van der Waals surface area (Å²) in [5.41, 5.74) is 0.525. The Balaban J connectivity index is 1.63. The molecule has 3 nitrogen and oxygen atoms in total. The van der Waals surface area contributed by atoms with Gasteiger partial charge in [0.2, 0.25) is 0 Å². The van der Waals surface area contributed by atoms with Gasteiger partial charge in [0.1, 0.15) is 9.34 Å². The Morgan fingerprint density at radius 2 is 2.33 bits per heavy atom. The summed E-state index contributed by atoms with van der Waals surface area (Å²) in [4.78, 5) is 6.93. The minimum absolute atomic E-state index is 0.525. The van der Waals surface area contributed by atoms with E-state index in [-0.39, 0.29) is 0 Å². The zero-order valence-corrected chi connectivity index (χ0v) is 12.2. The first-order valence-corrected chi connectivity index (χ1v) is 7.99. The Morgan fingerprint density at radius 3 is 3.06 bits per heavy atom. The molecule has 0 aromatic carbocycles. The summed E-state index contributed by atoms with van der Waals surface area (Å²) in [6.45, 7) is 5.79. The predicted octanol–water partition coefficient (Wildman–Crippen LogP) is 2.76. The second kappa shape index (κ2) is 5.45. The summed E-state index contributed by atoms with van der Waals surface area (Å²) in [7, 11) is 0. The summed E-state index contributed by atoms with van der Waals surface area (Å²) in [6.07, 6.45) is 7.19. The van der Waals surface area contributed by atoms with Crippen molar-refractivity contribution in [2.24, 2.45) is 5.41 Å². The maximum absolute atomic E-state index is 5.95. The first-order valence-electron chi connectivity index (χ1n) is 6.79. The molecule has 1 unspecified atom stereocenters. The van der Waals surface area contributed by atoms with Gasteiger partial charge in [-0.1, -0.05) is 11.6 Å². The van der Waals surface area contributed by atoms with E-state index in [9.17, 15) is 0 Å². The highest BCUT2D eigenvalue weighted by Gasteiger charge is 2.36. The van der Waals surface area contributed by atoms with E-state index < -0.39 is 0 Å². The van der Waals surface area contributed by atoms with Crippen LogP contribution in [-0.4, -0.2) is 36.1 Å². The van der Waals surface area contributed by atoms with E-state index in [1.54, 1.807) is 17.5 Å². The summed E-state index contributed by atoms with van der Waals surface area (Å²) in [5, 5.41) is 4.73. The quantitative estimate of drug-likeness (QED) is 0.906. The van der Waals surface area contributed by atoms with Gasteiger partial charge in [-0.3, -0.25) is 4.90 Å². The van der Waals surface area contributed by atoms with Gasteiger partial charge < -0.3 is 5.32 Å². The molecule has 2 aliphatic rings. The Kier molecular flexibility index (Phi) is 3.89. The molecular weight excluding hydrogens is 266 g/mol. The Hall–Kier alpha value is -0.160. The molecule has 2 aliphatic heterocycles. The number of halogens is 1. The minimum Gasteiger partial charge on any atom is -0.316 e. The van der Waals surface area contributed by atoms with Gasteiger partial charge in [-0.15, -0.1) is 11.3 Å². The largest absolute Gasteiger partial charge is 0.316 e. The molecular formula is C13H20ClN3S. The molecule has 1 aromatic rings. The second-order valence-electron chi connectivity index (χ2n) is 5.65. The number of rotatable bonds is 2. The molecule has 0 saturated carbocycles. The highest BCUT2D eigenvalue weighted by molar-refractivity contribution is 7.15. The maximum Gasteiger partial charge on any atom is 0.113 e. The fraction of sp³-hybridized carbons (Fsp3) is 0.769. The standard InChI is InChI=1S/C13H20ClN3S/c14-11-7-16-12(18-11)8-17-6-2-4-13(10-17)3-1-5-15-9-13/h7,15H,1-6,8-10H2. The van der Waals surface area contributed by atoms with E-state index in [1.807, 2.05) is 0 Å². The SMILES string of the molecule is Clc1cnc(CN2CCCC3(CCCNC3)C2)s1. The van der Waals surface area contributed by atoms with Crippen LogP contribution in [0.15, 0.2) is 6.20 Å². The lowest BCUT2D eigenvalue weighted by Gasteiger charge is -2.45. The van der Waals surface area contributed by atoms with Crippen LogP contribution in [0.3, 0.4) is 0 Å². The molecule has 1 aromatic heterocycles. The molecule has 2 fully saturated rings. The van der Waals surface area contributed by atoms with E-state index >= 15 is 0 Å². The molecule has 1 N–H and O–H groups in total. The number of hydrogen-bond acceptors (Lipinski definition) is 4. The molecule has 0 amide bonds. The van der Waals surface area contributed by atoms with Crippen molar-refractivity contribution in [3.63, 3.8) is 0 Å². The van der Waals surface area contributed by atoms with Crippen molar-refractivity contribution >= 4 is 22.9 Å². The molecule has 18 heavy (non-hydrogen) atoms. The first kappa shape index (κ1) is 12.9. The molecule has 0 aliphatic carbocycles. The van der Waals surface area contributed by atoms with E-state index in [1.165, 1.54) is 51.9 Å². The van der Waals surface area contributed by atoms with Gasteiger partial charge in [0.25, 0.3) is 0 Å². The normalized spacial score (nSPS) is 29.8. The summed E-state index contributed by atoms with van der Waals surface area (Å²) >= 11 is 7.56. The monoisotopic (exact) mass is 285 g/mol. The third-order valence-corrected chi connectivity index (χ3v) is 5.28. The van der Waals surface area contributed by atoms with Gasteiger partial charge in [0.05, 0.1) is 12.7 Å². The third kappa shape index (κ3) is 2.87. The van der Waals surface area contributed by atoms with Crippen LogP contribution in [0.1, 0.15) is 30.7 Å². The van der Waals surface area contributed by atoms with Gasteiger partial charge >= 0.3 is 0 Å². The molecule has 3 rings (SSSR count). The average molecular weight is 286 g/mol. The second-order valence-corrected chi connectivity index (χ2v) is 7.40. The Labute approximate surface area is 118 Å². The lowest BCUT2D eigenvalue weighted by Crippen LogP contribution is -2.50. The number of likely N-dealkylation sites (tertiary alicyclic amines) is 1. The van der Waals surface area contributed by atoms with E-state index in [2.05, 4.69) is 15.2 Å². The van der Waals surface area contributed by atoms with E-state index in [0.29, 0.717) is 5.41 Å². The van der Waals surface area contributed by atoms with Crippen LogP contribution < -0.4 is 5.32 Å². The first-order chi connectivity index (χ1) is 8.76. The average Bonchev–Trinajstić information content (AvgIpc) is 2.76. The molecule has 1 spiro atoms. The van der Waals surface area contributed by atoms with Crippen molar-refractivity contribution in [2.75, 3.05) is 26.2 Å². The molecule has 2 saturated heterocycles. The van der Waals surface area contributed by atoms with Crippen molar-refractivity contribution in [2.45, 2.75) is 32.2 Å². The van der Waals surface area contributed by atoms with Gasteiger partial charge in [0, 0.05) is 13.1 Å². The third-order valence-electron chi connectivity index (χ3n) is 4.19. The number of hydrogen-bond donors (Lipinski definition) is 1. The summed E-state index contributed by atoms with van der Waals surface area (Å²) < 4.78 is 0.802. The topological polar surface area (TPSA) is 28.2 Å². The number of nitrogens with zero attached hydrogens (tertiary/aromatic N) is 2. The number of piperidine rings is 2. The van der Waals surface area contributed by atoms with Crippen LogP contribution in [0.2, 0.25) is 4.34 Å². The predicted molar refractivity (Wildman–Crippen MR) is 76.2 cm³/mol. The van der Waals surface area contributed by atoms with Gasteiger partial charge in [-0.05, 0) is 44.2 Å². The highest BCUT2D eigenvalue weighted by Crippen LogP contribution is 2.36. The zero-order valence-electron chi connectivity index (χ0n) is 10.6. The summed E-state index contributed by atoms with van der Waals surface area (Å²) in [6, 6.07) is 0. The molecule has 0 radical (unpaired) electrons. The lowest BCUT2D eigenvalue weighted by atomic mass is 9.74. The number of aromatic nitrogens is 1. The smallest absolute Gasteiger partial charge is 0.113 e. The minimum atomic E-state index is 0.525. The molecule has 3 heterocycles. The summed E-state index contributed by atoms with van der Waals surface area (Å²) in [5.74, 6) is 0. The Bertz CT molecular complexity index is 395. The fourth-order valence-corrected chi connectivity index (χ4v) is 4.38. The van der Waals surface area contributed by atoms with Crippen LogP contribution >= 0.6 is 22.9 Å². The van der Waals surface area contributed by atoms with Crippen molar-refractivity contribution in [3.05, 3.63) is 15.5 Å². The molecule has 5 heteroatoms. The number of thiazole rings is 1. The fourth-order valence-electron chi connectivity index (χ4n) is 3.38. The van der Waals surface area contributed by atoms with Crippen LogP contribution in [0, 0.1) is 5.41 Å². The van der Waals surface area contributed by atoms with Crippen molar-refractivity contribution in [3.8, 4) is 0 Å². The van der Waals surface area contributed by atoms with Crippen LogP contribution in [0.25, 0.3) is 0 Å². The van der Waals surface area contributed by atoms with Crippen LogP contribution in [0.5, 0.6) is 0 Å². The lowest BCUT2D eigenvalue weighted by molar-refractivity contribution is 0.0600. The van der Waals surface area contributed by atoms with Crippen molar-refractivity contribution in [1.82, 2.24) is 15.2 Å². The molecule has 100 valence electrons. The van der Waals surface area contributed by atoms with E-state index in [0.717, 1.165) is 15.9 Å². The number of nitrogens with one attached hydrogen (secondary N) is 1. The van der Waals surface area contributed by atoms with Crippen LogP contribution in [0.4, 0.5) is 0 Å². The van der Waals surface area contributed by atoms with E-state index in [4.69, 9.17) is 11.6 Å². The van der Waals surface area contributed by atoms with Gasteiger partial charge in [0.15, 0.2) is 0 Å². The maximum atomic E-state index is 5.95.